The third-order valence-corrected chi connectivity index (χ3v) is 3.63. The highest BCUT2D eigenvalue weighted by Crippen LogP contribution is 2.10. The van der Waals surface area contributed by atoms with Crippen LogP contribution in [-0.2, 0) is 4.74 Å². The molecule has 1 aliphatic rings. The van der Waals surface area contributed by atoms with Gasteiger partial charge in [0.25, 0.3) is 0 Å². The number of hydrogen-bond donors (Lipinski definition) is 1. The molecule has 1 fully saturated rings. The Morgan fingerprint density at radius 1 is 1.24 bits per heavy atom. The number of methoxy groups -OCH3 is 1. The molecule has 0 aromatic rings. The van der Waals surface area contributed by atoms with E-state index in [0.29, 0.717) is 6.04 Å². The predicted molar refractivity (Wildman–Crippen MR) is 73.4 cm³/mol. The first-order valence-electron chi connectivity index (χ1n) is 7.21. The molecule has 0 spiro atoms. The number of ether oxygens (including phenoxy) is 1. The summed E-state index contributed by atoms with van der Waals surface area (Å²) in [6, 6.07) is 0.517. The molecule has 2 unspecified atom stereocenters. The first kappa shape index (κ1) is 14.9. The summed E-state index contributed by atoms with van der Waals surface area (Å²) in [4.78, 5) is 2.62. The van der Waals surface area contributed by atoms with Crippen LogP contribution in [-0.4, -0.2) is 50.8 Å². The van der Waals surface area contributed by atoms with Crippen LogP contribution in [0.2, 0.25) is 0 Å². The van der Waals surface area contributed by atoms with E-state index in [4.69, 9.17) is 4.74 Å². The highest BCUT2D eigenvalue weighted by molar-refractivity contribution is 4.71. The Kier molecular flexibility index (Phi) is 7.82. The number of rotatable bonds is 8. The van der Waals surface area contributed by atoms with Crippen molar-refractivity contribution in [1.29, 1.82) is 0 Å². The van der Waals surface area contributed by atoms with Crippen LogP contribution in [0.4, 0.5) is 0 Å². The Hall–Kier alpha value is -0.120. The van der Waals surface area contributed by atoms with Crippen LogP contribution in [0.25, 0.3) is 0 Å². The number of hydrogen-bond acceptors (Lipinski definition) is 3. The van der Waals surface area contributed by atoms with Crippen molar-refractivity contribution >= 4 is 0 Å². The molecular weight excluding hydrogens is 212 g/mol. The zero-order valence-electron chi connectivity index (χ0n) is 11.9. The summed E-state index contributed by atoms with van der Waals surface area (Å²) in [5, 5.41) is 3.61. The highest BCUT2D eigenvalue weighted by atomic mass is 16.5. The van der Waals surface area contributed by atoms with Crippen LogP contribution in [0.1, 0.15) is 39.5 Å². The molecule has 0 bridgehead atoms. The molecule has 17 heavy (non-hydrogen) atoms. The van der Waals surface area contributed by atoms with Crippen molar-refractivity contribution in [3.63, 3.8) is 0 Å². The van der Waals surface area contributed by atoms with Gasteiger partial charge in [0, 0.05) is 19.7 Å². The van der Waals surface area contributed by atoms with Crippen LogP contribution >= 0.6 is 0 Å². The third kappa shape index (κ3) is 6.39. The quantitative estimate of drug-likeness (QED) is 0.705. The van der Waals surface area contributed by atoms with Crippen LogP contribution < -0.4 is 5.32 Å². The Balaban J connectivity index is 2.12. The topological polar surface area (TPSA) is 24.5 Å². The molecule has 102 valence electrons. The monoisotopic (exact) mass is 242 g/mol. The van der Waals surface area contributed by atoms with Crippen molar-refractivity contribution in [2.75, 3.05) is 39.9 Å². The van der Waals surface area contributed by atoms with Crippen molar-refractivity contribution in [2.45, 2.75) is 45.6 Å². The van der Waals surface area contributed by atoms with E-state index in [1.165, 1.54) is 38.9 Å². The number of nitrogens with zero attached hydrogens (tertiary/aromatic N) is 1. The molecule has 0 aliphatic carbocycles. The SMILES string of the molecule is CCC(COC)NCC(C)CN1CCCCC1. The fourth-order valence-electron chi connectivity index (χ4n) is 2.54. The largest absolute Gasteiger partial charge is 0.383 e. The summed E-state index contributed by atoms with van der Waals surface area (Å²) in [6.07, 6.45) is 5.35. The van der Waals surface area contributed by atoms with E-state index in [1.54, 1.807) is 7.11 Å². The van der Waals surface area contributed by atoms with Gasteiger partial charge in [0.05, 0.1) is 6.61 Å². The fraction of sp³-hybridized carbons (Fsp3) is 1.00. The molecule has 3 nitrogen and oxygen atoms in total. The number of nitrogens with one attached hydrogen (secondary N) is 1. The number of piperidine rings is 1. The molecule has 0 aromatic heterocycles. The lowest BCUT2D eigenvalue weighted by atomic mass is 10.1. The van der Waals surface area contributed by atoms with Crippen molar-refractivity contribution in [3.05, 3.63) is 0 Å². The summed E-state index contributed by atoms with van der Waals surface area (Å²) >= 11 is 0. The lowest BCUT2D eigenvalue weighted by molar-refractivity contribution is 0.156. The zero-order chi connectivity index (χ0) is 12.5. The maximum atomic E-state index is 5.20. The molecule has 0 radical (unpaired) electrons. The minimum Gasteiger partial charge on any atom is -0.383 e. The Morgan fingerprint density at radius 2 is 1.94 bits per heavy atom. The minimum atomic E-state index is 0.517. The second kappa shape index (κ2) is 8.90. The zero-order valence-corrected chi connectivity index (χ0v) is 11.9. The maximum Gasteiger partial charge on any atom is 0.0615 e. The second-order valence-electron chi connectivity index (χ2n) is 5.44. The average molecular weight is 242 g/mol. The molecule has 0 aromatic carbocycles. The van der Waals surface area contributed by atoms with Crippen molar-refractivity contribution in [1.82, 2.24) is 10.2 Å². The first-order chi connectivity index (χ1) is 8.26. The predicted octanol–water partition coefficient (Wildman–Crippen LogP) is 2.12. The fourth-order valence-corrected chi connectivity index (χ4v) is 2.54. The molecule has 3 heteroatoms. The minimum absolute atomic E-state index is 0.517. The molecule has 2 atom stereocenters. The van der Waals surface area contributed by atoms with Crippen molar-refractivity contribution in [3.8, 4) is 0 Å². The normalized spacial score (nSPS) is 21.4. The molecular formula is C14H30N2O. The summed E-state index contributed by atoms with van der Waals surface area (Å²) in [6.45, 7) is 10.4. The molecule has 1 heterocycles. The van der Waals surface area contributed by atoms with E-state index in [-0.39, 0.29) is 0 Å². The van der Waals surface area contributed by atoms with Gasteiger partial charge in [-0.2, -0.15) is 0 Å². The molecule has 1 N–H and O–H groups in total. The molecule has 1 aliphatic heterocycles. The lowest BCUT2D eigenvalue weighted by Crippen LogP contribution is -2.40. The van der Waals surface area contributed by atoms with Gasteiger partial charge in [0.1, 0.15) is 0 Å². The Bertz CT molecular complexity index is 181. The van der Waals surface area contributed by atoms with Gasteiger partial charge < -0.3 is 15.0 Å². The van der Waals surface area contributed by atoms with Gasteiger partial charge in [-0.3, -0.25) is 0 Å². The summed E-state index contributed by atoms with van der Waals surface area (Å²) in [5.74, 6) is 0.735. The number of likely N-dealkylation sites (tertiary alicyclic amines) is 1. The average Bonchev–Trinajstić information content (AvgIpc) is 2.35. The van der Waals surface area contributed by atoms with E-state index in [0.717, 1.165) is 25.5 Å². The summed E-state index contributed by atoms with van der Waals surface area (Å²) < 4.78 is 5.20. The van der Waals surface area contributed by atoms with Crippen molar-refractivity contribution < 1.29 is 4.74 Å². The smallest absolute Gasteiger partial charge is 0.0615 e. The van der Waals surface area contributed by atoms with Crippen LogP contribution in [0.3, 0.4) is 0 Å². The molecule has 0 amide bonds. The highest BCUT2D eigenvalue weighted by Gasteiger charge is 2.14. The standard InChI is InChI=1S/C14H30N2O/c1-4-14(12-17-3)15-10-13(2)11-16-8-6-5-7-9-16/h13-15H,4-12H2,1-3H3. The van der Waals surface area contributed by atoms with Gasteiger partial charge in [-0.05, 0) is 44.8 Å². The summed E-state index contributed by atoms with van der Waals surface area (Å²) in [7, 11) is 1.78. The van der Waals surface area contributed by atoms with Crippen LogP contribution in [0.5, 0.6) is 0 Å². The third-order valence-electron chi connectivity index (χ3n) is 3.63. The van der Waals surface area contributed by atoms with E-state index in [2.05, 4.69) is 24.1 Å². The van der Waals surface area contributed by atoms with Gasteiger partial charge in [-0.15, -0.1) is 0 Å². The van der Waals surface area contributed by atoms with Gasteiger partial charge >= 0.3 is 0 Å². The van der Waals surface area contributed by atoms with Gasteiger partial charge in [0.15, 0.2) is 0 Å². The maximum absolute atomic E-state index is 5.20. The Labute approximate surface area is 107 Å². The van der Waals surface area contributed by atoms with Crippen LogP contribution in [0, 0.1) is 5.92 Å². The van der Waals surface area contributed by atoms with E-state index >= 15 is 0 Å². The van der Waals surface area contributed by atoms with Gasteiger partial charge in [0.2, 0.25) is 0 Å². The first-order valence-corrected chi connectivity index (χ1v) is 7.21. The molecule has 1 rings (SSSR count). The lowest BCUT2D eigenvalue weighted by Gasteiger charge is -2.29. The summed E-state index contributed by atoms with van der Waals surface area (Å²) in [5.41, 5.74) is 0. The molecule has 0 saturated carbocycles. The van der Waals surface area contributed by atoms with Gasteiger partial charge in [-0.25, -0.2) is 0 Å². The van der Waals surface area contributed by atoms with Crippen molar-refractivity contribution in [2.24, 2.45) is 5.92 Å². The molecule has 1 saturated heterocycles. The van der Waals surface area contributed by atoms with Crippen LogP contribution in [0.15, 0.2) is 0 Å². The van der Waals surface area contributed by atoms with E-state index in [1.807, 2.05) is 0 Å². The second-order valence-corrected chi connectivity index (χ2v) is 5.44. The van der Waals surface area contributed by atoms with Gasteiger partial charge in [-0.1, -0.05) is 20.3 Å². The van der Waals surface area contributed by atoms with E-state index in [9.17, 15) is 0 Å². The van der Waals surface area contributed by atoms with E-state index < -0.39 is 0 Å². The Morgan fingerprint density at radius 3 is 2.53 bits per heavy atom.